The van der Waals surface area contributed by atoms with Crippen LogP contribution in [0, 0.1) is 0 Å². The molecule has 8 nitrogen and oxygen atoms in total. The Balaban J connectivity index is 2.53. The highest BCUT2D eigenvalue weighted by Gasteiger charge is 2.25. The molecule has 0 aliphatic carbocycles. The minimum atomic E-state index is -0.391. The third-order valence-electron chi connectivity index (χ3n) is 3.62. The number of anilines is 1. The fourth-order valence-corrected chi connectivity index (χ4v) is 2.29. The lowest BCUT2D eigenvalue weighted by molar-refractivity contribution is 0.677. The molecule has 0 radical (unpaired) electrons. The molecule has 100 valence electrons. The molecule has 1 atom stereocenters. The second-order valence-corrected chi connectivity index (χ2v) is 4.72. The van der Waals surface area contributed by atoms with Crippen LogP contribution in [0.25, 0.3) is 11.2 Å². The number of aromatic nitrogens is 4. The molecule has 1 N–H and O–H groups in total. The summed E-state index contributed by atoms with van der Waals surface area (Å²) in [6, 6.07) is -0.0774. The van der Waals surface area contributed by atoms with Crippen LogP contribution in [0.1, 0.15) is 19.9 Å². The zero-order valence-electron chi connectivity index (χ0n) is 11.1. The first-order valence-electron chi connectivity index (χ1n) is 5.91. The summed E-state index contributed by atoms with van der Waals surface area (Å²) in [6.45, 7) is 3.81. The summed E-state index contributed by atoms with van der Waals surface area (Å²) in [7, 11) is 3.06. The van der Waals surface area contributed by atoms with Gasteiger partial charge in [0.1, 0.15) is 0 Å². The Morgan fingerprint density at radius 3 is 2.58 bits per heavy atom. The molecule has 0 saturated heterocycles. The van der Waals surface area contributed by atoms with Gasteiger partial charge in [0.25, 0.3) is 5.56 Å². The predicted molar refractivity (Wildman–Crippen MR) is 71.7 cm³/mol. The highest BCUT2D eigenvalue weighted by Crippen LogP contribution is 2.25. The number of imidazole rings is 1. The van der Waals surface area contributed by atoms with Crippen LogP contribution >= 0.6 is 0 Å². The van der Waals surface area contributed by atoms with E-state index in [1.807, 2.05) is 13.8 Å². The van der Waals surface area contributed by atoms with Crippen molar-refractivity contribution in [2.24, 2.45) is 19.2 Å². The van der Waals surface area contributed by atoms with Gasteiger partial charge in [-0.1, -0.05) is 0 Å². The Bertz CT molecular complexity index is 837. The SMILES string of the molecule is CC1=NNc2nc3c(c(=O)n(C)c(=O)n3C)n2C1C. The number of hydrazone groups is 1. The van der Waals surface area contributed by atoms with Crippen molar-refractivity contribution in [1.82, 2.24) is 18.7 Å². The van der Waals surface area contributed by atoms with Crippen LogP contribution in [0.4, 0.5) is 5.95 Å². The summed E-state index contributed by atoms with van der Waals surface area (Å²) in [6.07, 6.45) is 0. The first-order chi connectivity index (χ1) is 8.93. The third kappa shape index (κ3) is 1.33. The van der Waals surface area contributed by atoms with Gasteiger partial charge in [0, 0.05) is 14.1 Å². The second-order valence-electron chi connectivity index (χ2n) is 4.72. The number of fused-ring (bicyclic) bond motifs is 3. The van der Waals surface area contributed by atoms with Gasteiger partial charge < -0.3 is 0 Å². The minimum Gasteiger partial charge on any atom is -0.294 e. The maximum atomic E-state index is 12.3. The molecular formula is C11H14N6O2. The molecular weight excluding hydrogens is 248 g/mol. The average Bonchev–Trinajstić information content (AvgIpc) is 2.78. The largest absolute Gasteiger partial charge is 0.332 e. The monoisotopic (exact) mass is 262 g/mol. The molecule has 1 unspecified atom stereocenters. The number of rotatable bonds is 0. The lowest BCUT2D eigenvalue weighted by Crippen LogP contribution is -2.38. The maximum absolute atomic E-state index is 12.3. The van der Waals surface area contributed by atoms with Gasteiger partial charge in [-0.15, -0.1) is 0 Å². The van der Waals surface area contributed by atoms with Gasteiger partial charge in [-0.3, -0.25) is 18.5 Å². The fourth-order valence-electron chi connectivity index (χ4n) is 2.29. The van der Waals surface area contributed by atoms with Crippen molar-refractivity contribution in [3.05, 3.63) is 20.8 Å². The van der Waals surface area contributed by atoms with Crippen LogP contribution in [0.15, 0.2) is 14.7 Å². The molecule has 0 aromatic carbocycles. The topological polar surface area (TPSA) is 86.2 Å². The highest BCUT2D eigenvalue weighted by atomic mass is 16.2. The van der Waals surface area contributed by atoms with Crippen LogP contribution in [0.3, 0.4) is 0 Å². The highest BCUT2D eigenvalue weighted by molar-refractivity contribution is 5.90. The van der Waals surface area contributed by atoms with Crippen molar-refractivity contribution in [2.75, 3.05) is 5.43 Å². The van der Waals surface area contributed by atoms with E-state index in [9.17, 15) is 9.59 Å². The number of aryl methyl sites for hydroxylation is 1. The lowest BCUT2D eigenvalue weighted by atomic mass is 10.2. The normalized spacial score (nSPS) is 18.1. The van der Waals surface area contributed by atoms with Gasteiger partial charge in [0.2, 0.25) is 5.95 Å². The second kappa shape index (κ2) is 3.56. The lowest BCUT2D eigenvalue weighted by Gasteiger charge is -2.20. The molecule has 0 bridgehead atoms. The molecule has 8 heteroatoms. The molecule has 1 aliphatic heterocycles. The van der Waals surface area contributed by atoms with E-state index >= 15 is 0 Å². The van der Waals surface area contributed by atoms with Gasteiger partial charge in [-0.25, -0.2) is 10.2 Å². The molecule has 2 aromatic heterocycles. The van der Waals surface area contributed by atoms with E-state index in [-0.39, 0.29) is 11.6 Å². The zero-order chi connectivity index (χ0) is 13.9. The van der Waals surface area contributed by atoms with Crippen molar-refractivity contribution in [3.8, 4) is 0 Å². The van der Waals surface area contributed by atoms with E-state index in [2.05, 4.69) is 15.5 Å². The van der Waals surface area contributed by atoms with Crippen molar-refractivity contribution >= 4 is 22.8 Å². The Hall–Kier alpha value is -2.38. The van der Waals surface area contributed by atoms with E-state index < -0.39 is 5.69 Å². The molecule has 2 aromatic rings. The van der Waals surface area contributed by atoms with Gasteiger partial charge >= 0.3 is 5.69 Å². The Morgan fingerprint density at radius 2 is 1.89 bits per heavy atom. The quantitative estimate of drug-likeness (QED) is 0.712. The van der Waals surface area contributed by atoms with Gasteiger partial charge in [-0.05, 0) is 13.8 Å². The number of hydrogen-bond donors (Lipinski definition) is 1. The van der Waals surface area contributed by atoms with E-state index in [1.54, 1.807) is 11.6 Å². The van der Waals surface area contributed by atoms with Crippen LogP contribution < -0.4 is 16.7 Å². The Kier molecular flexibility index (Phi) is 2.19. The van der Waals surface area contributed by atoms with E-state index in [0.717, 1.165) is 10.3 Å². The van der Waals surface area contributed by atoms with Crippen molar-refractivity contribution < 1.29 is 0 Å². The van der Waals surface area contributed by atoms with Crippen molar-refractivity contribution in [1.29, 1.82) is 0 Å². The number of nitrogens with one attached hydrogen (secondary N) is 1. The first-order valence-corrected chi connectivity index (χ1v) is 5.91. The van der Waals surface area contributed by atoms with Crippen molar-refractivity contribution in [3.63, 3.8) is 0 Å². The zero-order valence-corrected chi connectivity index (χ0v) is 11.1. The summed E-state index contributed by atoms with van der Waals surface area (Å²) in [5.41, 5.74) is 3.69. The molecule has 3 heterocycles. The first kappa shape index (κ1) is 11.7. The molecule has 0 saturated carbocycles. The predicted octanol–water partition coefficient (Wildman–Crippen LogP) is -0.204. The Morgan fingerprint density at radius 1 is 1.21 bits per heavy atom. The Labute approximate surface area is 108 Å². The summed E-state index contributed by atoms with van der Waals surface area (Å²) in [5, 5.41) is 4.14. The fraction of sp³-hybridized carbons (Fsp3) is 0.455. The molecule has 19 heavy (non-hydrogen) atoms. The van der Waals surface area contributed by atoms with Crippen LogP contribution in [0.5, 0.6) is 0 Å². The summed E-state index contributed by atoms with van der Waals surface area (Å²) in [5.74, 6) is 0.478. The number of hydrogen-bond acceptors (Lipinski definition) is 5. The van der Waals surface area contributed by atoms with E-state index in [4.69, 9.17) is 0 Å². The summed E-state index contributed by atoms with van der Waals surface area (Å²) >= 11 is 0. The number of nitrogens with zero attached hydrogens (tertiary/aromatic N) is 5. The minimum absolute atomic E-state index is 0.0774. The summed E-state index contributed by atoms with van der Waals surface area (Å²) in [4.78, 5) is 28.5. The van der Waals surface area contributed by atoms with Gasteiger partial charge in [0.05, 0.1) is 11.8 Å². The van der Waals surface area contributed by atoms with Crippen LogP contribution in [-0.2, 0) is 14.1 Å². The van der Waals surface area contributed by atoms with Crippen molar-refractivity contribution in [2.45, 2.75) is 19.9 Å². The molecule has 1 aliphatic rings. The van der Waals surface area contributed by atoms with Gasteiger partial charge in [-0.2, -0.15) is 10.1 Å². The average molecular weight is 262 g/mol. The molecule has 3 rings (SSSR count). The van der Waals surface area contributed by atoms with E-state index in [0.29, 0.717) is 17.1 Å². The summed E-state index contributed by atoms with van der Waals surface area (Å²) < 4.78 is 4.23. The standard InChI is InChI=1S/C11H14N6O2/c1-5-6(2)17-7-8(12-10(17)14-13-5)15(3)11(19)16(4)9(7)18/h6H,1-4H3,(H,12,14). The molecule has 0 fully saturated rings. The molecule has 0 spiro atoms. The third-order valence-corrected chi connectivity index (χ3v) is 3.62. The maximum Gasteiger partial charge on any atom is 0.332 e. The van der Waals surface area contributed by atoms with Crippen LogP contribution in [0.2, 0.25) is 0 Å². The smallest absolute Gasteiger partial charge is 0.294 e. The van der Waals surface area contributed by atoms with Gasteiger partial charge in [0.15, 0.2) is 11.2 Å². The van der Waals surface area contributed by atoms with Crippen LogP contribution in [-0.4, -0.2) is 24.4 Å². The van der Waals surface area contributed by atoms with E-state index in [1.165, 1.54) is 11.6 Å². The molecule has 0 amide bonds.